The summed E-state index contributed by atoms with van der Waals surface area (Å²) in [6.45, 7) is 5.02. The zero-order chi connectivity index (χ0) is 25.2. The molecule has 0 spiro atoms. The van der Waals surface area contributed by atoms with E-state index in [2.05, 4.69) is 61.5 Å². The van der Waals surface area contributed by atoms with E-state index in [0.717, 1.165) is 38.0 Å². The SMILES string of the molecule is CC(=O)/C=C(/C)O.Cc1c(-c2ccccc2)sc2nc(-c3[c-]ccc4c3oc3ccccc34)ccc12.[Ir]. The number of benzene rings is 3. The summed E-state index contributed by atoms with van der Waals surface area (Å²) >= 11 is 1.74. The molecule has 3 aromatic carbocycles. The van der Waals surface area contributed by atoms with E-state index in [0.29, 0.717) is 0 Å². The molecule has 37 heavy (non-hydrogen) atoms. The van der Waals surface area contributed by atoms with Crippen LogP contribution in [-0.2, 0) is 24.9 Å². The van der Waals surface area contributed by atoms with Gasteiger partial charge in [-0.25, -0.2) is 0 Å². The second-order valence-corrected chi connectivity index (χ2v) is 9.56. The second-order valence-electron chi connectivity index (χ2n) is 8.56. The number of pyridine rings is 1. The Bertz CT molecular complexity index is 1740. The number of hydrogen-bond donors (Lipinski definition) is 1. The van der Waals surface area contributed by atoms with E-state index < -0.39 is 0 Å². The van der Waals surface area contributed by atoms with Crippen LogP contribution in [0.2, 0.25) is 0 Å². The molecule has 0 aliphatic heterocycles. The molecule has 4 nitrogen and oxygen atoms in total. The maximum absolute atomic E-state index is 10.0. The van der Waals surface area contributed by atoms with Gasteiger partial charge in [0.05, 0.1) is 11.3 Å². The van der Waals surface area contributed by atoms with Crippen molar-refractivity contribution in [1.82, 2.24) is 4.98 Å². The quantitative estimate of drug-likeness (QED) is 0.115. The molecule has 0 saturated heterocycles. The van der Waals surface area contributed by atoms with Crippen molar-refractivity contribution in [3.05, 3.63) is 102 Å². The average molecular weight is 683 g/mol. The molecule has 1 radical (unpaired) electrons. The fourth-order valence-corrected chi connectivity index (χ4v) is 5.46. The van der Waals surface area contributed by atoms with Crippen LogP contribution in [0.3, 0.4) is 0 Å². The molecule has 6 heteroatoms. The van der Waals surface area contributed by atoms with Gasteiger partial charge in [-0.15, -0.1) is 29.5 Å². The van der Waals surface area contributed by atoms with Gasteiger partial charge in [-0.05, 0) is 43.7 Å². The molecular weight excluding hydrogens is 659 g/mol. The molecule has 6 rings (SSSR count). The maximum atomic E-state index is 10.0. The van der Waals surface area contributed by atoms with E-state index in [4.69, 9.17) is 14.5 Å². The number of fused-ring (bicyclic) bond motifs is 4. The van der Waals surface area contributed by atoms with Gasteiger partial charge in [-0.3, -0.25) is 9.78 Å². The molecule has 0 bridgehead atoms. The summed E-state index contributed by atoms with van der Waals surface area (Å²) in [5, 5.41) is 11.8. The monoisotopic (exact) mass is 683 g/mol. The summed E-state index contributed by atoms with van der Waals surface area (Å²) in [5.41, 5.74) is 6.05. The van der Waals surface area contributed by atoms with E-state index in [1.807, 2.05) is 30.3 Å². The third-order valence-corrected chi connectivity index (χ3v) is 7.10. The van der Waals surface area contributed by atoms with Crippen molar-refractivity contribution in [1.29, 1.82) is 0 Å². The molecule has 3 heterocycles. The number of aryl methyl sites for hydroxylation is 1. The summed E-state index contributed by atoms with van der Waals surface area (Å²) < 4.78 is 6.18. The Balaban J connectivity index is 0.000000356. The van der Waals surface area contributed by atoms with Gasteiger partial charge in [0.1, 0.15) is 10.4 Å². The van der Waals surface area contributed by atoms with Crippen LogP contribution >= 0.6 is 11.3 Å². The van der Waals surface area contributed by atoms with E-state index in [-0.39, 0.29) is 31.6 Å². The van der Waals surface area contributed by atoms with E-state index in [1.54, 1.807) is 11.3 Å². The first-order chi connectivity index (χ1) is 17.4. The predicted octanol–water partition coefficient (Wildman–Crippen LogP) is 8.67. The van der Waals surface area contributed by atoms with Crippen molar-refractivity contribution in [2.45, 2.75) is 20.8 Å². The third kappa shape index (κ3) is 5.42. The van der Waals surface area contributed by atoms with Crippen LogP contribution in [0.25, 0.3) is 53.9 Å². The number of carbonyl (C=O) groups excluding carboxylic acids is 1. The van der Waals surface area contributed by atoms with Crippen LogP contribution in [-0.4, -0.2) is 15.9 Å². The number of rotatable bonds is 3. The smallest absolute Gasteiger partial charge is 0.155 e. The number of allylic oxidation sites excluding steroid dienone is 2. The first-order valence-corrected chi connectivity index (χ1v) is 12.4. The Morgan fingerprint density at radius 3 is 2.38 bits per heavy atom. The molecule has 0 atom stereocenters. The molecule has 0 aliphatic carbocycles. The number of aliphatic hydroxyl groups excluding tert-OH is 1. The zero-order valence-corrected chi connectivity index (χ0v) is 23.7. The minimum absolute atomic E-state index is 0. The minimum atomic E-state index is -0.125. The Hall–Kier alpha value is -3.57. The summed E-state index contributed by atoms with van der Waals surface area (Å²) in [7, 11) is 0. The maximum Gasteiger partial charge on any atom is 0.155 e. The van der Waals surface area contributed by atoms with Crippen molar-refractivity contribution in [2.24, 2.45) is 0 Å². The van der Waals surface area contributed by atoms with Crippen LogP contribution in [0.4, 0.5) is 0 Å². The Morgan fingerprint density at radius 1 is 0.946 bits per heavy atom. The minimum Gasteiger partial charge on any atom is -0.512 e. The Morgan fingerprint density at radius 2 is 1.68 bits per heavy atom. The number of nitrogens with zero attached hydrogens (tertiary/aromatic N) is 1. The molecule has 0 unspecified atom stereocenters. The molecular formula is C31H24IrNO3S-. The molecule has 0 saturated carbocycles. The summed E-state index contributed by atoms with van der Waals surface area (Å²) in [6, 6.07) is 30.3. The van der Waals surface area contributed by atoms with Gasteiger partial charge in [0.2, 0.25) is 0 Å². The zero-order valence-electron chi connectivity index (χ0n) is 20.5. The molecule has 0 fully saturated rings. The van der Waals surface area contributed by atoms with E-state index >= 15 is 0 Å². The number of hydrogen-bond acceptors (Lipinski definition) is 5. The number of furan rings is 1. The van der Waals surface area contributed by atoms with Gasteiger partial charge in [-0.1, -0.05) is 71.6 Å². The first kappa shape index (κ1) is 26.5. The molecule has 1 N–H and O–H groups in total. The van der Waals surface area contributed by atoms with Gasteiger partial charge in [0.25, 0.3) is 0 Å². The number of para-hydroxylation sites is 1. The standard InChI is InChI=1S/C26H16NOS.C5H8O2.Ir/c1-16-18-14-15-22(27-26(18)29-25(16)17-8-3-2-4-9-17)21-12-7-11-20-19-10-5-6-13-23(19)28-24(20)21;1-4(6)3-5(2)7;/h2-11,13-15H,1H3;3,6H,1-2H3;/q-1;;/b;4-3-;. The Kier molecular flexibility index (Phi) is 8.03. The normalized spacial score (nSPS) is 11.3. The number of aliphatic hydroxyl groups is 1. The van der Waals surface area contributed by atoms with Gasteiger partial charge in [0, 0.05) is 41.8 Å². The van der Waals surface area contributed by atoms with Gasteiger partial charge in [-0.2, -0.15) is 0 Å². The number of aromatic nitrogens is 1. The Labute approximate surface area is 232 Å². The molecule has 0 amide bonds. The van der Waals surface area contributed by atoms with E-state index in [1.165, 1.54) is 41.3 Å². The van der Waals surface area contributed by atoms with Crippen molar-refractivity contribution in [2.75, 3.05) is 0 Å². The van der Waals surface area contributed by atoms with Crippen molar-refractivity contribution < 1.29 is 34.4 Å². The molecule has 187 valence electrons. The van der Waals surface area contributed by atoms with Gasteiger partial charge in [0.15, 0.2) is 5.78 Å². The summed E-state index contributed by atoms with van der Waals surface area (Å²) in [4.78, 5) is 17.3. The van der Waals surface area contributed by atoms with Crippen LogP contribution in [0.5, 0.6) is 0 Å². The second kappa shape index (κ2) is 11.2. The van der Waals surface area contributed by atoms with Gasteiger partial charge < -0.3 is 9.52 Å². The number of carbonyl (C=O) groups is 1. The number of ketones is 1. The van der Waals surface area contributed by atoms with Crippen molar-refractivity contribution in [3.8, 4) is 21.7 Å². The molecule has 3 aromatic heterocycles. The van der Waals surface area contributed by atoms with Crippen molar-refractivity contribution >= 4 is 49.3 Å². The molecule has 6 aromatic rings. The van der Waals surface area contributed by atoms with Crippen LogP contribution in [0, 0.1) is 13.0 Å². The predicted molar refractivity (Wildman–Crippen MR) is 148 cm³/mol. The fourth-order valence-electron chi connectivity index (χ4n) is 4.28. The van der Waals surface area contributed by atoms with Crippen LogP contribution in [0.1, 0.15) is 19.4 Å². The summed E-state index contributed by atoms with van der Waals surface area (Å²) in [6.07, 6.45) is 1.17. The topological polar surface area (TPSA) is 63.3 Å². The fraction of sp³-hybridized carbons (Fsp3) is 0.0968. The van der Waals surface area contributed by atoms with Crippen LogP contribution in [0.15, 0.2) is 95.1 Å². The third-order valence-electron chi connectivity index (χ3n) is 5.85. The van der Waals surface area contributed by atoms with E-state index in [9.17, 15) is 4.79 Å². The van der Waals surface area contributed by atoms with Crippen LogP contribution < -0.4 is 0 Å². The largest absolute Gasteiger partial charge is 0.512 e. The first-order valence-electron chi connectivity index (χ1n) is 11.6. The molecule has 0 aliphatic rings. The number of thiophene rings is 1. The van der Waals surface area contributed by atoms with Crippen molar-refractivity contribution in [3.63, 3.8) is 0 Å². The summed E-state index contributed by atoms with van der Waals surface area (Å²) in [5.74, 6) is -0.0625. The average Bonchev–Trinajstić information content (AvgIpc) is 3.41. The van der Waals surface area contributed by atoms with Gasteiger partial charge >= 0.3 is 0 Å².